The van der Waals surface area contributed by atoms with E-state index in [-0.39, 0.29) is 51.0 Å². The molecule has 0 aliphatic rings. The zero-order valence-corrected chi connectivity index (χ0v) is 44.4. The van der Waals surface area contributed by atoms with Gasteiger partial charge in [-0.2, -0.15) is 0 Å². The average molecular weight is 1260 g/mol. The Bertz CT molecular complexity index is 2620. The van der Waals surface area contributed by atoms with Crippen LogP contribution in [0.5, 0.6) is 0 Å². The summed E-state index contributed by atoms with van der Waals surface area (Å²) in [6, 6.07) is 59.8. The van der Waals surface area contributed by atoms with Gasteiger partial charge in [-0.15, -0.1) is 107 Å². The summed E-state index contributed by atoms with van der Waals surface area (Å²) in [5.74, 6) is 0. The number of pyridine rings is 4. The van der Waals surface area contributed by atoms with Crippen LogP contribution in [-0.4, -0.2) is 44.4 Å². The first-order valence-corrected chi connectivity index (χ1v) is 21.5. The first kappa shape index (κ1) is 56.1. The maximum absolute atomic E-state index is 7.00. The van der Waals surface area contributed by atoms with E-state index in [0.717, 1.165) is 81.2 Å². The summed E-state index contributed by atoms with van der Waals surface area (Å²) < 4.78 is 10.8. The van der Waals surface area contributed by atoms with Crippen molar-refractivity contribution in [2.45, 2.75) is 52.4 Å². The number of hydrogen-bond donors (Lipinski definition) is 2. The monoisotopic (exact) mass is 1260 g/mol. The normalized spacial score (nSPS) is 10.3. The fraction of sp³-hybridized carbons (Fsp3) is 0.172. The van der Waals surface area contributed by atoms with Crippen LogP contribution in [0.3, 0.4) is 0 Å². The van der Waals surface area contributed by atoms with Crippen molar-refractivity contribution >= 4 is 21.9 Å². The molecule has 0 spiro atoms. The molecule has 0 saturated carbocycles. The van der Waals surface area contributed by atoms with Crippen molar-refractivity contribution in [1.29, 1.82) is 0 Å². The fourth-order valence-corrected chi connectivity index (χ4v) is 6.51. The van der Waals surface area contributed by atoms with E-state index in [1.165, 1.54) is 11.1 Å². The second-order valence-electron chi connectivity index (χ2n) is 16.5. The summed E-state index contributed by atoms with van der Waals surface area (Å²) in [5, 5.41) is 16.1. The number of aliphatic hydroxyl groups is 2. The van der Waals surface area contributed by atoms with Gasteiger partial charge in [0.25, 0.3) is 0 Å². The van der Waals surface area contributed by atoms with Crippen LogP contribution in [0.25, 0.3) is 67.0 Å². The summed E-state index contributed by atoms with van der Waals surface area (Å²) in [4.78, 5) is 17.4. The van der Waals surface area contributed by atoms with E-state index in [0.29, 0.717) is 0 Å². The Hall–Kier alpha value is -6.22. The van der Waals surface area contributed by atoms with Crippen molar-refractivity contribution in [1.82, 2.24) is 19.9 Å². The van der Waals surface area contributed by atoms with Crippen molar-refractivity contribution in [2.75, 3.05) is 14.2 Å². The van der Waals surface area contributed by atoms with Crippen molar-refractivity contribution in [3.63, 3.8) is 0 Å². The standard InChI is InChI=1S/2C17H16NO.C11H9N.C11H8N.2CH4O.2Ir/c2*1-17(2,3)13-6-4-12(5-7-13)16-14-9-11-19-15(14)8-10-18-16;2*1-2-6-10(7-3-1)11-8-4-5-9-12-11;2*1-2;;/h2*4,6-11H,1-3H3;1-9H;1-6,8-9H;2*2H,1H3;;/q2*-1;;-1;;;;. The molecule has 6 aromatic heterocycles. The van der Waals surface area contributed by atoms with Gasteiger partial charge in [0.1, 0.15) is 11.2 Å². The quantitative estimate of drug-likeness (QED) is 0.167. The molecule has 2 N–H and O–H groups in total. The van der Waals surface area contributed by atoms with Gasteiger partial charge in [0.2, 0.25) is 0 Å². The fourth-order valence-electron chi connectivity index (χ4n) is 6.51. The Morgan fingerprint density at radius 1 is 0.412 bits per heavy atom. The molecular weight excluding hydrogens is 1200 g/mol. The minimum absolute atomic E-state index is 0. The third kappa shape index (κ3) is 16.0. The molecule has 0 amide bonds. The van der Waals surface area contributed by atoms with Crippen molar-refractivity contribution in [3.05, 3.63) is 218 Å². The van der Waals surface area contributed by atoms with Crippen LogP contribution in [-0.2, 0) is 51.0 Å². The second kappa shape index (κ2) is 28.2. The minimum atomic E-state index is 0. The molecule has 6 heterocycles. The molecule has 4 aromatic carbocycles. The largest absolute Gasteiger partial charge is 0.465 e. The van der Waals surface area contributed by atoms with E-state index >= 15 is 0 Å². The topological polar surface area (TPSA) is 118 Å². The van der Waals surface area contributed by atoms with Crippen LogP contribution in [0.4, 0.5) is 0 Å². The van der Waals surface area contributed by atoms with Gasteiger partial charge < -0.3 is 34.0 Å². The Morgan fingerprint density at radius 3 is 1.26 bits per heavy atom. The molecule has 8 nitrogen and oxygen atoms in total. The van der Waals surface area contributed by atoms with Gasteiger partial charge >= 0.3 is 0 Å². The molecule has 0 fully saturated rings. The number of aromatic nitrogens is 4. The van der Waals surface area contributed by atoms with Gasteiger partial charge in [-0.05, 0) is 70.4 Å². The molecule has 0 atom stereocenters. The van der Waals surface area contributed by atoms with Crippen molar-refractivity contribution in [3.8, 4) is 45.0 Å². The number of benzene rings is 4. The van der Waals surface area contributed by atoms with Crippen LogP contribution in [0.15, 0.2) is 198 Å². The maximum atomic E-state index is 7.00. The van der Waals surface area contributed by atoms with Gasteiger partial charge in [-0.25, -0.2) is 0 Å². The SMILES string of the molecule is CC(C)(C)c1c[c-]c(-c2nccc3occc23)cc1.CC(C)(C)c1c[c-]c(-c2nccc3occc23)cc1.CO.CO.[Ir].[Ir].[c-]1ccccc1-c1ccccn1.c1ccc(-c2ccccn2)cc1. The average Bonchev–Trinajstić information content (AvgIpc) is 4.08. The predicted molar refractivity (Wildman–Crippen MR) is 268 cm³/mol. The number of aliphatic hydroxyl groups excluding tert-OH is 2. The van der Waals surface area contributed by atoms with Crippen molar-refractivity contribution in [2.24, 2.45) is 0 Å². The van der Waals surface area contributed by atoms with Gasteiger partial charge in [0, 0.05) is 95.6 Å². The number of furan rings is 2. The number of hydrogen-bond acceptors (Lipinski definition) is 8. The molecule has 0 saturated heterocycles. The van der Waals surface area contributed by atoms with Crippen LogP contribution >= 0.6 is 0 Å². The van der Waals surface area contributed by atoms with Gasteiger partial charge in [0.15, 0.2) is 0 Å². The molecule has 10 heteroatoms. The third-order valence-corrected chi connectivity index (χ3v) is 10.0. The summed E-state index contributed by atoms with van der Waals surface area (Å²) >= 11 is 0. The Balaban J connectivity index is 0.000000237. The zero-order valence-electron chi connectivity index (χ0n) is 39.6. The first-order valence-electron chi connectivity index (χ1n) is 21.5. The van der Waals surface area contributed by atoms with Gasteiger partial charge in [-0.1, -0.05) is 90.1 Å². The van der Waals surface area contributed by atoms with Crippen LogP contribution in [0, 0.1) is 18.2 Å². The zero-order chi connectivity index (χ0) is 47.4. The summed E-state index contributed by atoms with van der Waals surface area (Å²) in [6.45, 7) is 13.2. The molecule has 0 bridgehead atoms. The molecule has 0 aliphatic carbocycles. The predicted octanol–water partition coefficient (Wildman–Crippen LogP) is 13.7. The molecule has 2 radical (unpaired) electrons. The minimum Gasteiger partial charge on any atom is -0.465 e. The molecule has 354 valence electrons. The van der Waals surface area contributed by atoms with Crippen LogP contribution in [0.1, 0.15) is 52.7 Å². The van der Waals surface area contributed by atoms with Crippen LogP contribution < -0.4 is 0 Å². The number of rotatable bonds is 4. The summed E-state index contributed by atoms with van der Waals surface area (Å²) in [6.07, 6.45) is 10.5. The Kier molecular flexibility index (Phi) is 23.3. The van der Waals surface area contributed by atoms with Gasteiger partial charge in [-0.3, -0.25) is 4.98 Å². The van der Waals surface area contributed by atoms with E-state index in [1.54, 1.807) is 31.1 Å². The number of fused-ring (bicyclic) bond motifs is 2. The summed E-state index contributed by atoms with van der Waals surface area (Å²) in [5.41, 5.74) is 12.6. The number of nitrogens with zero attached hydrogens (tertiary/aromatic N) is 4. The smallest absolute Gasteiger partial charge is 0.128 e. The van der Waals surface area contributed by atoms with E-state index in [4.69, 9.17) is 19.0 Å². The van der Waals surface area contributed by atoms with E-state index < -0.39 is 0 Å². The van der Waals surface area contributed by atoms with Gasteiger partial charge in [0.05, 0.1) is 18.2 Å². The van der Waals surface area contributed by atoms with E-state index in [2.05, 4.69) is 128 Å². The van der Waals surface area contributed by atoms with Crippen molar-refractivity contribution < 1.29 is 59.3 Å². The van der Waals surface area contributed by atoms with Crippen LogP contribution in [0.2, 0.25) is 0 Å². The third-order valence-electron chi connectivity index (χ3n) is 10.0. The molecule has 10 aromatic rings. The maximum Gasteiger partial charge on any atom is 0.128 e. The summed E-state index contributed by atoms with van der Waals surface area (Å²) in [7, 11) is 2.00. The Labute approximate surface area is 428 Å². The molecule has 68 heavy (non-hydrogen) atoms. The molecule has 0 unspecified atom stereocenters. The molecule has 0 aliphatic heterocycles. The molecular formula is C58H57Ir2N4O4-3. The molecule has 10 rings (SSSR count). The first-order chi connectivity index (χ1) is 32.0. The van der Waals surface area contributed by atoms with E-state index in [1.807, 2.05) is 109 Å². The van der Waals surface area contributed by atoms with E-state index in [9.17, 15) is 0 Å². The second-order valence-corrected chi connectivity index (χ2v) is 16.5. The Morgan fingerprint density at radius 2 is 0.868 bits per heavy atom.